The number of aliphatic imine (C=N–C) groups is 1. The van der Waals surface area contributed by atoms with E-state index < -0.39 is 30.2 Å². The number of H-pyrrole nitrogens is 1. The minimum Gasteiger partial charge on any atom is -0.453 e. The third-order valence-corrected chi connectivity index (χ3v) is 17.1. The molecule has 10 atom stereocenters. The van der Waals surface area contributed by atoms with Crippen molar-refractivity contribution >= 4 is 41.3 Å². The summed E-state index contributed by atoms with van der Waals surface area (Å²) in [5.41, 5.74) is 13.0. The molecule has 2 saturated carbocycles. The number of amides is 5. The highest BCUT2D eigenvalue weighted by atomic mass is 16.5. The molecule has 4 N–H and O–H groups in total. The number of aromatic amines is 1. The number of fused-ring (bicyclic) bond motifs is 11. The van der Waals surface area contributed by atoms with Gasteiger partial charge in [-0.15, -0.1) is 0 Å². The summed E-state index contributed by atoms with van der Waals surface area (Å²) in [5.74, 6) is 2.08. The summed E-state index contributed by atoms with van der Waals surface area (Å²) >= 11 is 0. The Kier molecular flexibility index (Phi) is 12.0. The van der Waals surface area contributed by atoms with Gasteiger partial charge in [0, 0.05) is 18.7 Å². The molecule has 6 unspecified atom stereocenters. The number of ether oxygens (including phenoxy) is 2. The molecule has 1 aromatic heterocycles. The average Bonchev–Trinajstić information content (AvgIpc) is 4.24. The van der Waals surface area contributed by atoms with Crippen LogP contribution in [0.25, 0.3) is 28.0 Å². The maximum absolute atomic E-state index is 14.1. The van der Waals surface area contributed by atoms with Gasteiger partial charge >= 0.3 is 12.2 Å². The summed E-state index contributed by atoms with van der Waals surface area (Å²) in [7, 11) is 2.60. The van der Waals surface area contributed by atoms with Crippen LogP contribution in [0.1, 0.15) is 155 Å². The van der Waals surface area contributed by atoms with Gasteiger partial charge in [0.15, 0.2) is 0 Å². The zero-order chi connectivity index (χ0) is 48.7. The number of imidazole rings is 1. The van der Waals surface area contributed by atoms with Gasteiger partial charge in [-0.3, -0.25) is 19.4 Å². The first-order valence-corrected chi connectivity index (χ1v) is 25.8. The van der Waals surface area contributed by atoms with E-state index in [-0.39, 0.29) is 47.7 Å². The fourth-order valence-electron chi connectivity index (χ4n) is 13.8. The summed E-state index contributed by atoms with van der Waals surface area (Å²) in [4.78, 5) is 83.5. The van der Waals surface area contributed by atoms with E-state index in [9.17, 15) is 24.0 Å². The number of amidine groups is 1. The average molecular weight is 951 g/mol. The number of alkyl carbamates (subject to hydrolysis) is 2. The van der Waals surface area contributed by atoms with Crippen LogP contribution in [-0.4, -0.2) is 107 Å². The third kappa shape index (κ3) is 7.73. The van der Waals surface area contributed by atoms with Gasteiger partial charge in [-0.25, -0.2) is 14.6 Å². The normalized spacial score (nSPS) is 27.7. The van der Waals surface area contributed by atoms with Crippen molar-refractivity contribution in [2.75, 3.05) is 27.3 Å². The third-order valence-electron chi connectivity index (χ3n) is 17.1. The highest BCUT2D eigenvalue weighted by Crippen LogP contribution is 2.62. The van der Waals surface area contributed by atoms with E-state index in [2.05, 4.69) is 63.4 Å². The van der Waals surface area contributed by atoms with Crippen LogP contribution in [0.3, 0.4) is 0 Å². The standard InChI is InChI=1S/C55H66N8O7/c1-27(2)47(59-54(67)69-5)52(65)62-21-7-9-41(62)49-56-26-40(58-49)37-19-18-36(45-32-13-14-33(24-32)46(37)45)35-17-16-34(43-30-11-12-31(23-30)44(35)43)29-15-20-39-38(25-29)51(64)61-50(57-39)42-10-8-22-63(42)53(66)48(28(3)4)60-55(68)70-6/h15-20,25-28,30-33,38-39,41-42,47-48H,7-14,21-24H2,1-6H3,(H,56,58)(H,59,67)(H,60,68)(H,57,61,64)/t30?,31?,32?,33?,38?,39?,41-,42-,47-,48-/m0/s1. The first-order valence-electron chi connectivity index (χ1n) is 25.8. The van der Waals surface area contributed by atoms with E-state index in [0.717, 1.165) is 49.2 Å². The lowest BCUT2D eigenvalue weighted by atomic mass is 9.76. The predicted octanol–water partition coefficient (Wildman–Crippen LogP) is 8.36. The summed E-state index contributed by atoms with van der Waals surface area (Å²) in [6.07, 6.45) is 17.2. The molecule has 70 heavy (non-hydrogen) atoms. The molecule has 2 saturated heterocycles. The lowest BCUT2D eigenvalue weighted by Gasteiger charge is -2.35. The molecule has 5 aliphatic carbocycles. The van der Waals surface area contributed by atoms with Gasteiger partial charge in [0.25, 0.3) is 0 Å². The number of nitrogens with zero attached hydrogens (tertiary/aromatic N) is 4. The van der Waals surface area contributed by atoms with Crippen molar-refractivity contribution in [3.63, 3.8) is 0 Å². The zero-order valence-corrected chi connectivity index (χ0v) is 41.2. The Balaban J connectivity index is 0.875. The summed E-state index contributed by atoms with van der Waals surface area (Å²) in [6.45, 7) is 8.76. The minimum atomic E-state index is -0.756. The second-order valence-corrected chi connectivity index (χ2v) is 21.7. The van der Waals surface area contributed by atoms with Gasteiger partial charge < -0.3 is 40.2 Å². The quantitative estimate of drug-likeness (QED) is 0.148. The topological polar surface area (TPSA) is 187 Å². The summed E-state index contributed by atoms with van der Waals surface area (Å²) in [6, 6.07) is 6.92. The van der Waals surface area contributed by atoms with Crippen molar-refractivity contribution in [3.05, 3.63) is 82.3 Å². The Morgan fingerprint density at radius 1 is 0.686 bits per heavy atom. The van der Waals surface area contributed by atoms with Crippen LogP contribution in [0.4, 0.5) is 9.59 Å². The van der Waals surface area contributed by atoms with Crippen LogP contribution in [0, 0.1) is 17.8 Å². The molecule has 11 rings (SSSR count). The van der Waals surface area contributed by atoms with Crippen molar-refractivity contribution in [1.82, 2.24) is 35.7 Å². The highest BCUT2D eigenvalue weighted by Gasteiger charge is 2.46. The molecule has 3 aliphatic heterocycles. The molecule has 8 aliphatic rings. The van der Waals surface area contributed by atoms with Crippen molar-refractivity contribution < 1.29 is 33.4 Å². The van der Waals surface area contributed by atoms with Gasteiger partial charge in [-0.1, -0.05) is 70.2 Å². The van der Waals surface area contributed by atoms with E-state index in [1.165, 1.54) is 84.4 Å². The number of likely N-dealkylation sites (tertiary alicyclic amines) is 2. The molecule has 15 nitrogen and oxygen atoms in total. The molecule has 4 bridgehead atoms. The number of rotatable bonds is 11. The van der Waals surface area contributed by atoms with Gasteiger partial charge in [-0.2, -0.15) is 0 Å². The van der Waals surface area contributed by atoms with E-state index >= 15 is 0 Å². The van der Waals surface area contributed by atoms with E-state index in [4.69, 9.17) is 19.5 Å². The predicted molar refractivity (Wildman–Crippen MR) is 265 cm³/mol. The molecule has 15 heteroatoms. The van der Waals surface area contributed by atoms with Crippen molar-refractivity contribution in [1.29, 1.82) is 0 Å². The molecule has 5 amide bonds. The number of methoxy groups -OCH3 is 2. The maximum atomic E-state index is 14.1. The van der Waals surface area contributed by atoms with Crippen LogP contribution in [0.2, 0.25) is 0 Å². The molecule has 0 spiro atoms. The number of carbonyl (C=O) groups is 5. The number of allylic oxidation sites excluding steroid dienone is 2. The number of nitrogens with one attached hydrogen (secondary N) is 4. The Bertz CT molecular complexity index is 2750. The smallest absolute Gasteiger partial charge is 0.407 e. The van der Waals surface area contributed by atoms with Gasteiger partial charge in [-0.05, 0) is 144 Å². The maximum Gasteiger partial charge on any atom is 0.407 e. The van der Waals surface area contributed by atoms with Crippen molar-refractivity contribution in [2.45, 2.75) is 146 Å². The number of carbonyl (C=O) groups excluding carboxylic acids is 5. The van der Waals surface area contributed by atoms with Gasteiger partial charge in [0.05, 0.1) is 50.2 Å². The van der Waals surface area contributed by atoms with Crippen LogP contribution in [0.5, 0.6) is 0 Å². The number of hydrogen-bond donors (Lipinski definition) is 4. The van der Waals surface area contributed by atoms with Gasteiger partial charge in [0.2, 0.25) is 17.7 Å². The Labute approximate surface area is 409 Å². The molecule has 4 heterocycles. The number of aromatic nitrogens is 2. The fraction of sp³-hybridized carbons (Fsp3) is 0.545. The summed E-state index contributed by atoms with van der Waals surface area (Å²) < 4.78 is 9.66. The first kappa shape index (κ1) is 46.2. The van der Waals surface area contributed by atoms with E-state index in [0.29, 0.717) is 49.0 Å². The summed E-state index contributed by atoms with van der Waals surface area (Å²) in [5, 5.41) is 8.59. The second kappa shape index (κ2) is 18.2. The van der Waals surface area contributed by atoms with Crippen LogP contribution < -0.4 is 16.0 Å². The molecule has 4 fully saturated rings. The second-order valence-electron chi connectivity index (χ2n) is 21.7. The Hall–Kier alpha value is -6.25. The molecule has 3 aromatic rings. The van der Waals surface area contributed by atoms with Crippen LogP contribution in [0.15, 0.2) is 53.7 Å². The lowest BCUT2D eigenvalue weighted by Crippen LogP contribution is -2.57. The fourth-order valence-corrected chi connectivity index (χ4v) is 13.8. The lowest BCUT2D eigenvalue weighted by molar-refractivity contribution is -0.135. The zero-order valence-electron chi connectivity index (χ0n) is 41.2. The molecule has 368 valence electrons. The van der Waals surface area contributed by atoms with Crippen LogP contribution in [-0.2, 0) is 23.9 Å². The monoisotopic (exact) mass is 951 g/mol. The molecule has 0 radical (unpaired) electrons. The molecular formula is C55H66N8O7. The minimum absolute atomic E-state index is 0.109. The largest absolute Gasteiger partial charge is 0.453 e. The Morgan fingerprint density at radius 2 is 1.19 bits per heavy atom. The van der Waals surface area contributed by atoms with Crippen LogP contribution >= 0.6 is 0 Å². The van der Waals surface area contributed by atoms with E-state index in [1.807, 2.05) is 38.8 Å². The molecular weight excluding hydrogens is 885 g/mol. The number of benzene rings is 2. The SMILES string of the molecule is COC(=O)N[C@H](C(=O)N1CCC[C@H]1C1=NC2C=CC(c3ccc(-c4ccc(-c5cnc([C@@H]6CCCN6C(=O)[C@@H](NC(=O)OC)C(C)C)[nH]5)c5c4C4CCC5C4)c4c3C3CCC4C3)=CC2C(=O)N1)C(C)C. The van der Waals surface area contributed by atoms with Gasteiger partial charge in [0.1, 0.15) is 23.7 Å². The van der Waals surface area contributed by atoms with Crippen molar-refractivity contribution in [2.24, 2.45) is 22.7 Å². The number of hydrogen-bond acceptors (Lipinski definition) is 9. The van der Waals surface area contributed by atoms with Crippen molar-refractivity contribution in [3.8, 4) is 22.4 Å². The Morgan fingerprint density at radius 3 is 1.74 bits per heavy atom. The van der Waals surface area contributed by atoms with E-state index in [1.54, 1.807) is 4.90 Å². The molecule has 2 aromatic carbocycles. The highest BCUT2D eigenvalue weighted by molar-refractivity contribution is 6.07. The first-order chi connectivity index (χ1) is 33.8.